The highest BCUT2D eigenvalue weighted by molar-refractivity contribution is 7.94. The number of piperazine rings is 1. The molecular formula is C22H25F3N6O2S2. The van der Waals surface area contributed by atoms with Crippen LogP contribution in [0.3, 0.4) is 0 Å². The van der Waals surface area contributed by atoms with E-state index in [0.717, 1.165) is 23.3 Å². The van der Waals surface area contributed by atoms with Gasteiger partial charge in [0.05, 0.1) is 30.4 Å². The molecule has 0 spiro atoms. The molecular weight excluding hydrogens is 501 g/mol. The van der Waals surface area contributed by atoms with Gasteiger partial charge in [-0.1, -0.05) is 13.0 Å². The second-order valence-corrected chi connectivity index (χ2v) is 11.5. The molecule has 3 heterocycles. The highest BCUT2D eigenvalue weighted by Gasteiger charge is 2.40. The van der Waals surface area contributed by atoms with Crippen LogP contribution in [0.15, 0.2) is 45.4 Å². The third-order valence-electron chi connectivity index (χ3n) is 5.92. The zero-order valence-electron chi connectivity index (χ0n) is 19.2. The molecule has 2 unspecified atom stereocenters. The molecule has 0 bridgehead atoms. The number of thiazole rings is 1. The van der Waals surface area contributed by atoms with Crippen molar-refractivity contribution < 1.29 is 22.2 Å². The second kappa shape index (κ2) is 10.2. The first kappa shape index (κ1) is 25.5. The number of nitrogens with zero attached hydrogens (tertiary/aromatic N) is 6. The van der Waals surface area contributed by atoms with Crippen molar-refractivity contribution in [3.8, 4) is 0 Å². The summed E-state index contributed by atoms with van der Waals surface area (Å²) in [7, 11) is -3.61. The minimum Gasteiger partial charge on any atom is -0.338 e. The molecule has 13 heteroatoms. The fourth-order valence-electron chi connectivity index (χ4n) is 3.97. The minimum absolute atomic E-state index is 0.0783. The van der Waals surface area contributed by atoms with Gasteiger partial charge in [-0.05, 0) is 31.0 Å². The first-order valence-electron chi connectivity index (χ1n) is 11.1. The Kier molecular flexibility index (Phi) is 7.38. The Labute approximate surface area is 205 Å². The fraction of sp³-hybridized carbons (Fsp3) is 0.455. The van der Waals surface area contributed by atoms with E-state index in [1.54, 1.807) is 18.3 Å². The summed E-state index contributed by atoms with van der Waals surface area (Å²) in [5, 5.41) is 0. The molecule has 1 saturated heterocycles. The average Bonchev–Trinajstić information content (AvgIpc) is 3.31. The molecule has 1 aliphatic rings. The molecule has 0 radical (unpaired) electrons. The van der Waals surface area contributed by atoms with Crippen LogP contribution in [-0.4, -0.2) is 68.1 Å². The Bertz CT molecular complexity index is 1310. The molecule has 1 fully saturated rings. The zero-order chi connectivity index (χ0) is 25.2. The molecule has 1 aromatic carbocycles. The third-order valence-corrected chi connectivity index (χ3v) is 9.10. The van der Waals surface area contributed by atoms with Gasteiger partial charge in [0.25, 0.3) is 0 Å². The highest BCUT2D eigenvalue weighted by atomic mass is 32.2. The molecule has 188 valence electrons. The van der Waals surface area contributed by atoms with E-state index in [9.17, 15) is 22.2 Å². The van der Waals surface area contributed by atoms with E-state index in [1.165, 1.54) is 18.0 Å². The van der Waals surface area contributed by atoms with Crippen molar-refractivity contribution in [2.45, 2.75) is 37.4 Å². The van der Waals surface area contributed by atoms with Gasteiger partial charge in [-0.25, -0.2) is 19.2 Å². The number of amides is 1. The van der Waals surface area contributed by atoms with Crippen molar-refractivity contribution >= 4 is 43.1 Å². The number of anilines is 1. The molecule has 1 amide bonds. The fourth-order valence-corrected chi connectivity index (χ4v) is 6.42. The molecule has 35 heavy (non-hydrogen) atoms. The van der Waals surface area contributed by atoms with Gasteiger partial charge in [-0.3, -0.25) is 9.69 Å². The lowest BCUT2D eigenvalue weighted by molar-refractivity contribution is -0.169. The van der Waals surface area contributed by atoms with Crippen LogP contribution in [-0.2, 0) is 14.5 Å². The summed E-state index contributed by atoms with van der Waals surface area (Å²) in [6.07, 6.45) is -2.47. The normalized spacial score (nSPS) is 17.8. The maximum Gasteiger partial charge on any atom is 0.474 e. The number of rotatable bonds is 6. The number of benzene rings is 1. The lowest BCUT2D eigenvalue weighted by Gasteiger charge is -2.38. The molecule has 4 rings (SSSR count). The van der Waals surface area contributed by atoms with Crippen molar-refractivity contribution in [2.24, 2.45) is 4.36 Å². The lowest BCUT2D eigenvalue weighted by atomic mass is 10.1. The molecule has 0 aliphatic carbocycles. The number of aromatic nitrogens is 3. The largest absolute Gasteiger partial charge is 0.474 e. The average molecular weight is 527 g/mol. The van der Waals surface area contributed by atoms with E-state index in [-0.39, 0.29) is 23.1 Å². The first-order valence-corrected chi connectivity index (χ1v) is 13.7. The van der Waals surface area contributed by atoms with Crippen molar-refractivity contribution in [3.05, 3.63) is 41.7 Å². The van der Waals surface area contributed by atoms with Crippen molar-refractivity contribution in [1.29, 1.82) is 0 Å². The van der Waals surface area contributed by atoms with Crippen molar-refractivity contribution in [3.63, 3.8) is 0 Å². The molecule has 1 aliphatic heterocycles. The quantitative estimate of drug-likeness (QED) is 0.473. The second-order valence-electron chi connectivity index (χ2n) is 8.24. The van der Waals surface area contributed by atoms with Crippen LogP contribution >= 0.6 is 11.3 Å². The summed E-state index contributed by atoms with van der Waals surface area (Å²) in [4.78, 5) is 28.5. The van der Waals surface area contributed by atoms with Gasteiger partial charge in [-0.15, -0.1) is 15.7 Å². The number of carbonyl (C=O) groups is 1. The molecule has 0 saturated carbocycles. The Hall–Kier alpha value is -2.64. The third kappa shape index (κ3) is 5.62. The molecule has 2 aromatic heterocycles. The maximum absolute atomic E-state index is 13.1. The topological polar surface area (TPSA) is 91.7 Å². The van der Waals surface area contributed by atoms with E-state index in [0.29, 0.717) is 19.0 Å². The van der Waals surface area contributed by atoms with E-state index >= 15 is 0 Å². The predicted molar refractivity (Wildman–Crippen MR) is 129 cm³/mol. The number of hydrogen-bond acceptors (Lipinski definition) is 8. The van der Waals surface area contributed by atoms with E-state index in [1.807, 2.05) is 10.4 Å². The Morgan fingerprint density at radius 3 is 2.49 bits per heavy atom. The summed E-state index contributed by atoms with van der Waals surface area (Å²) in [5.41, 5.74) is 4.03. The summed E-state index contributed by atoms with van der Waals surface area (Å²) >= 11 is 1.61. The Morgan fingerprint density at radius 1 is 1.17 bits per heavy atom. The van der Waals surface area contributed by atoms with Gasteiger partial charge in [0.2, 0.25) is 5.95 Å². The maximum atomic E-state index is 13.1. The highest BCUT2D eigenvalue weighted by Crippen LogP contribution is 2.27. The van der Waals surface area contributed by atoms with Gasteiger partial charge >= 0.3 is 12.1 Å². The number of fused-ring (bicyclic) bond motifs is 1. The van der Waals surface area contributed by atoms with Crippen molar-refractivity contribution in [2.75, 3.05) is 36.8 Å². The summed E-state index contributed by atoms with van der Waals surface area (Å²) in [6.45, 7) is 6.66. The SMILES string of the molecule is CCCS(=O)(=NC(=O)C(F)(F)F)c1cnc(N2CCN(C(C)c3ccc4scnc4c3)CC2)nc1. The Balaban J connectivity index is 1.44. The molecule has 3 aromatic rings. The van der Waals surface area contributed by atoms with Gasteiger partial charge in [0.1, 0.15) is 0 Å². The number of halogens is 3. The molecule has 2 atom stereocenters. The smallest absolute Gasteiger partial charge is 0.338 e. The van der Waals surface area contributed by atoms with Crippen LogP contribution in [0.1, 0.15) is 31.9 Å². The van der Waals surface area contributed by atoms with Crippen LogP contribution in [0.5, 0.6) is 0 Å². The van der Waals surface area contributed by atoms with Crippen LogP contribution < -0.4 is 4.90 Å². The number of hydrogen-bond donors (Lipinski definition) is 0. The number of alkyl halides is 3. The standard InChI is InChI=1S/C22H25F3N6O2S2/c1-3-10-35(33,29-20(32)22(23,24)25)17-12-26-21(27-13-17)31-8-6-30(7-9-31)15(2)16-4-5-19-18(11-16)28-14-34-19/h4-5,11-15H,3,6-10H2,1-2H3. The molecule has 8 nitrogen and oxygen atoms in total. The zero-order valence-corrected chi connectivity index (χ0v) is 20.9. The van der Waals surface area contributed by atoms with Gasteiger partial charge in [0.15, 0.2) is 0 Å². The Morgan fingerprint density at radius 2 is 1.86 bits per heavy atom. The predicted octanol–water partition coefficient (Wildman–Crippen LogP) is 4.30. The van der Waals surface area contributed by atoms with Gasteiger partial charge in [0, 0.05) is 50.4 Å². The van der Waals surface area contributed by atoms with Gasteiger partial charge < -0.3 is 4.90 Å². The summed E-state index contributed by atoms with van der Waals surface area (Å²) in [6, 6.07) is 6.54. The van der Waals surface area contributed by atoms with E-state index in [4.69, 9.17) is 0 Å². The lowest BCUT2D eigenvalue weighted by Crippen LogP contribution is -2.47. The summed E-state index contributed by atoms with van der Waals surface area (Å²) < 4.78 is 55.3. The number of carbonyl (C=O) groups excluding carboxylic acids is 1. The van der Waals surface area contributed by atoms with Crippen molar-refractivity contribution in [1.82, 2.24) is 19.9 Å². The van der Waals surface area contributed by atoms with E-state index in [2.05, 4.69) is 49.3 Å². The minimum atomic E-state index is -5.18. The van der Waals surface area contributed by atoms with Crippen LogP contribution in [0, 0.1) is 0 Å². The monoisotopic (exact) mass is 526 g/mol. The van der Waals surface area contributed by atoms with Crippen LogP contribution in [0.25, 0.3) is 10.2 Å². The van der Waals surface area contributed by atoms with Gasteiger partial charge in [-0.2, -0.15) is 13.2 Å². The first-order chi connectivity index (χ1) is 16.6. The van der Waals surface area contributed by atoms with Crippen LogP contribution in [0.4, 0.5) is 19.1 Å². The molecule has 0 N–H and O–H groups in total. The summed E-state index contributed by atoms with van der Waals surface area (Å²) in [5.74, 6) is -2.16. The van der Waals surface area contributed by atoms with Crippen LogP contribution in [0.2, 0.25) is 0 Å². The van der Waals surface area contributed by atoms with E-state index < -0.39 is 21.8 Å².